The highest BCUT2D eigenvalue weighted by atomic mass is 32.1. The van der Waals surface area contributed by atoms with E-state index in [4.69, 9.17) is 4.42 Å². The molecule has 48 heavy (non-hydrogen) atoms. The Morgan fingerprint density at radius 1 is 0.417 bits per heavy atom. The van der Waals surface area contributed by atoms with E-state index >= 15 is 0 Å². The molecular formula is C46H60OS. The van der Waals surface area contributed by atoms with Crippen molar-refractivity contribution in [2.75, 3.05) is 0 Å². The molecule has 0 aliphatic rings. The van der Waals surface area contributed by atoms with Gasteiger partial charge in [-0.1, -0.05) is 154 Å². The highest BCUT2D eigenvalue weighted by Crippen LogP contribution is 2.42. The second kappa shape index (κ2) is 18.2. The molecule has 0 aliphatic carbocycles. The first-order chi connectivity index (χ1) is 23.8. The van der Waals surface area contributed by atoms with Gasteiger partial charge in [-0.05, 0) is 73.2 Å². The monoisotopic (exact) mass is 660 g/mol. The van der Waals surface area contributed by atoms with E-state index < -0.39 is 0 Å². The van der Waals surface area contributed by atoms with Crippen LogP contribution in [0.3, 0.4) is 0 Å². The minimum atomic E-state index is 1.01. The largest absolute Gasteiger partial charge is 0.455 e. The molecule has 0 N–H and O–H groups in total. The van der Waals surface area contributed by atoms with Crippen LogP contribution >= 0.6 is 11.3 Å². The van der Waals surface area contributed by atoms with Crippen LogP contribution in [0.4, 0.5) is 0 Å². The first kappa shape index (κ1) is 35.0. The van der Waals surface area contributed by atoms with Gasteiger partial charge in [0.05, 0.1) is 0 Å². The lowest BCUT2D eigenvalue weighted by molar-refractivity contribution is 0.556. The third kappa shape index (κ3) is 8.84. The van der Waals surface area contributed by atoms with Gasteiger partial charge in [-0.15, -0.1) is 11.3 Å². The summed E-state index contributed by atoms with van der Waals surface area (Å²) in [5.74, 6) is 0. The fourth-order valence-corrected chi connectivity index (χ4v) is 9.12. The number of rotatable bonds is 22. The molecule has 0 bridgehead atoms. The average molecular weight is 661 g/mol. The van der Waals surface area contributed by atoms with Gasteiger partial charge in [0.25, 0.3) is 0 Å². The van der Waals surface area contributed by atoms with Crippen LogP contribution in [-0.4, -0.2) is 0 Å². The van der Waals surface area contributed by atoms with Crippen LogP contribution in [0.15, 0.2) is 65.1 Å². The third-order valence-corrected chi connectivity index (χ3v) is 12.1. The Hall–Kier alpha value is -2.84. The summed E-state index contributed by atoms with van der Waals surface area (Å²) in [6, 6.07) is 23.4. The van der Waals surface area contributed by atoms with Gasteiger partial charge in [-0.3, -0.25) is 0 Å². The summed E-state index contributed by atoms with van der Waals surface area (Å²) < 4.78 is 9.36. The van der Waals surface area contributed by atoms with Gasteiger partial charge in [0.1, 0.15) is 11.2 Å². The summed E-state index contributed by atoms with van der Waals surface area (Å²) in [5.41, 5.74) is 4.98. The molecule has 2 aromatic heterocycles. The molecule has 0 radical (unpaired) electrons. The highest BCUT2D eigenvalue weighted by molar-refractivity contribution is 7.26. The van der Waals surface area contributed by atoms with Gasteiger partial charge in [-0.25, -0.2) is 0 Å². The zero-order valence-electron chi connectivity index (χ0n) is 30.1. The smallest absolute Gasteiger partial charge is 0.143 e. The second-order valence-electron chi connectivity index (χ2n) is 14.7. The van der Waals surface area contributed by atoms with Crippen molar-refractivity contribution in [2.24, 2.45) is 0 Å². The molecule has 2 heterocycles. The van der Waals surface area contributed by atoms with E-state index in [0.717, 1.165) is 17.6 Å². The Morgan fingerprint density at radius 3 is 1.42 bits per heavy atom. The van der Waals surface area contributed by atoms with Crippen LogP contribution in [0.1, 0.15) is 153 Å². The fourth-order valence-electron chi connectivity index (χ4n) is 7.91. The summed E-state index contributed by atoms with van der Waals surface area (Å²) >= 11 is 1.94. The zero-order valence-corrected chi connectivity index (χ0v) is 31.0. The van der Waals surface area contributed by atoms with Gasteiger partial charge in [0.15, 0.2) is 0 Å². The standard InChI is InChI=1S/C46H60OS/c1-3-5-7-9-11-13-15-17-19-21-23-35-25-31-43-41(33-35)38-28-29-39-37(45(38)47-43)27-30-40-42-34-36(26-32-44(42)48-46(39)40)24-22-20-18-16-14-12-10-8-6-4-2/h25-34H,3-24H2,1-2H3. The SMILES string of the molecule is CCCCCCCCCCCCc1ccc2oc3c(ccc4c3ccc3c5cc(CCCCCCCCCCCC)ccc5sc34)c2c1. The van der Waals surface area contributed by atoms with Gasteiger partial charge >= 0.3 is 0 Å². The minimum absolute atomic E-state index is 1.01. The van der Waals surface area contributed by atoms with Gasteiger partial charge < -0.3 is 4.42 Å². The Kier molecular flexibility index (Phi) is 13.3. The van der Waals surface area contributed by atoms with Crippen molar-refractivity contribution >= 4 is 64.2 Å². The quantitative estimate of drug-likeness (QED) is 0.0661. The van der Waals surface area contributed by atoms with E-state index in [1.165, 1.54) is 188 Å². The molecule has 4 aromatic carbocycles. The van der Waals surface area contributed by atoms with Crippen molar-refractivity contribution in [1.29, 1.82) is 0 Å². The van der Waals surface area contributed by atoms with E-state index in [9.17, 15) is 0 Å². The summed E-state index contributed by atoms with van der Waals surface area (Å²) in [4.78, 5) is 0. The Morgan fingerprint density at radius 2 is 0.854 bits per heavy atom. The molecule has 0 aliphatic heterocycles. The topological polar surface area (TPSA) is 13.1 Å². The lowest BCUT2D eigenvalue weighted by Gasteiger charge is -2.04. The van der Waals surface area contributed by atoms with E-state index in [1.54, 1.807) is 0 Å². The lowest BCUT2D eigenvalue weighted by Crippen LogP contribution is -1.87. The van der Waals surface area contributed by atoms with Crippen molar-refractivity contribution in [3.63, 3.8) is 0 Å². The molecule has 256 valence electrons. The van der Waals surface area contributed by atoms with Gasteiger partial charge in [0.2, 0.25) is 0 Å². The number of fused-ring (bicyclic) bond motifs is 9. The van der Waals surface area contributed by atoms with E-state index in [0.29, 0.717) is 0 Å². The third-order valence-electron chi connectivity index (χ3n) is 10.8. The van der Waals surface area contributed by atoms with Crippen LogP contribution in [0.5, 0.6) is 0 Å². The minimum Gasteiger partial charge on any atom is -0.455 e. The van der Waals surface area contributed by atoms with Gasteiger partial charge in [-0.2, -0.15) is 0 Å². The molecule has 1 nitrogen and oxygen atoms in total. The van der Waals surface area contributed by atoms with Crippen molar-refractivity contribution in [1.82, 2.24) is 0 Å². The van der Waals surface area contributed by atoms with E-state index in [-0.39, 0.29) is 0 Å². The maximum absolute atomic E-state index is 6.57. The van der Waals surface area contributed by atoms with Crippen LogP contribution in [0, 0.1) is 0 Å². The molecule has 0 spiro atoms. The maximum atomic E-state index is 6.57. The van der Waals surface area contributed by atoms with E-state index in [2.05, 4.69) is 74.5 Å². The summed E-state index contributed by atoms with van der Waals surface area (Å²) in [6.07, 6.45) is 30.1. The average Bonchev–Trinajstić information content (AvgIpc) is 3.68. The zero-order chi connectivity index (χ0) is 33.0. The van der Waals surface area contributed by atoms with Crippen LogP contribution in [-0.2, 0) is 12.8 Å². The number of furan rings is 1. The highest BCUT2D eigenvalue weighted by Gasteiger charge is 2.15. The number of hydrogen-bond acceptors (Lipinski definition) is 2. The summed E-state index contributed by atoms with van der Waals surface area (Å²) in [7, 11) is 0. The number of unbranched alkanes of at least 4 members (excludes halogenated alkanes) is 18. The molecule has 6 rings (SSSR count). The first-order valence-corrected chi connectivity index (χ1v) is 20.8. The van der Waals surface area contributed by atoms with Gasteiger partial charge in [0, 0.05) is 41.7 Å². The Labute approximate surface area is 294 Å². The van der Waals surface area contributed by atoms with Crippen LogP contribution in [0.2, 0.25) is 0 Å². The molecule has 0 fully saturated rings. The molecule has 0 atom stereocenters. The maximum Gasteiger partial charge on any atom is 0.143 e. The predicted octanol–water partition coefficient (Wildman–Crippen LogP) is 16.0. The molecular weight excluding hydrogens is 601 g/mol. The summed E-state index contributed by atoms with van der Waals surface area (Å²) in [5, 5.41) is 7.89. The number of benzene rings is 4. The van der Waals surface area contributed by atoms with Crippen molar-refractivity contribution < 1.29 is 4.42 Å². The van der Waals surface area contributed by atoms with Crippen LogP contribution < -0.4 is 0 Å². The predicted molar refractivity (Wildman–Crippen MR) is 215 cm³/mol. The molecule has 0 amide bonds. The van der Waals surface area contributed by atoms with E-state index in [1.807, 2.05) is 11.3 Å². The molecule has 0 saturated carbocycles. The summed E-state index contributed by atoms with van der Waals surface area (Å²) in [6.45, 7) is 4.60. The second-order valence-corrected chi connectivity index (χ2v) is 15.8. The lowest BCUT2D eigenvalue weighted by atomic mass is 10.00. The molecule has 2 heteroatoms. The Balaban J connectivity index is 1.07. The van der Waals surface area contributed by atoms with Crippen molar-refractivity contribution in [2.45, 2.75) is 155 Å². The first-order valence-electron chi connectivity index (χ1n) is 20.0. The van der Waals surface area contributed by atoms with Crippen molar-refractivity contribution in [3.05, 3.63) is 71.8 Å². The molecule has 0 saturated heterocycles. The van der Waals surface area contributed by atoms with Crippen molar-refractivity contribution in [3.8, 4) is 0 Å². The number of thiophene rings is 1. The number of hydrogen-bond donors (Lipinski definition) is 0. The van der Waals surface area contributed by atoms with Crippen LogP contribution in [0.25, 0.3) is 52.9 Å². The molecule has 0 unspecified atom stereocenters. The number of aryl methyl sites for hydroxylation is 2. The normalized spacial score (nSPS) is 12.1. The fraction of sp³-hybridized carbons (Fsp3) is 0.522. The Bertz CT molecular complexity index is 1730. The molecule has 6 aromatic rings.